The largest absolute Gasteiger partial charge is 0.380 e. The van der Waals surface area contributed by atoms with Gasteiger partial charge in [-0.25, -0.2) is 0 Å². The Balaban J connectivity index is 1.79. The van der Waals surface area contributed by atoms with E-state index in [4.69, 9.17) is 4.74 Å². The van der Waals surface area contributed by atoms with Gasteiger partial charge in [-0.1, -0.05) is 12.1 Å². The maximum absolute atomic E-state index is 11.9. The number of nitrogens with one attached hydrogen (secondary N) is 2. The first-order valence-electron chi connectivity index (χ1n) is 6.86. The molecule has 1 aliphatic rings. The molecular formula is C15H22N2O2. The van der Waals surface area contributed by atoms with Crippen molar-refractivity contribution in [2.24, 2.45) is 5.92 Å². The summed E-state index contributed by atoms with van der Waals surface area (Å²) >= 11 is 0. The van der Waals surface area contributed by atoms with Gasteiger partial charge in [0.25, 0.3) is 0 Å². The number of carbonyl (C=O) groups is 1. The average molecular weight is 262 g/mol. The molecule has 1 aliphatic heterocycles. The van der Waals surface area contributed by atoms with Crippen LogP contribution in [-0.2, 0) is 16.1 Å². The monoisotopic (exact) mass is 262 g/mol. The molecule has 19 heavy (non-hydrogen) atoms. The van der Waals surface area contributed by atoms with E-state index in [1.165, 1.54) is 6.42 Å². The Kier molecular flexibility index (Phi) is 5.36. The summed E-state index contributed by atoms with van der Waals surface area (Å²) in [5.41, 5.74) is 1.92. The van der Waals surface area contributed by atoms with Crippen LogP contribution in [0.15, 0.2) is 24.3 Å². The number of amides is 1. The molecule has 1 fully saturated rings. The minimum Gasteiger partial charge on any atom is -0.380 e. The van der Waals surface area contributed by atoms with E-state index in [0.29, 0.717) is 18.9 Å². The lowest BCUT2D eigenvalue weighted by Gasteiger charge is -2.09. The number of hydrogen-bond donors (Lipinski definition) is 2. The first-order valence-corrected chi connectivity index (χ1v) is 6.86. The van der Waals surface area contributed by atoms with Gasteiger partial charge in [-0.3, -0.25) is 4.79 Å². The van der Waals surface area contributed by atoms with Crippen LogP contribution in [0, 0.1) is 5.92 Å². The van der Waals surface area contributed by atoms with E-state index in [1.807, 2.05) is 24.3 Å². The zero-order valence-corrected chi connectivity index (χ0v) is 11.4. The van der Waals surface area contributed by atoms with Crippen LogP contribution in [-0.4, -0.2) is 26.1 Å². The molecule has 1 aromatic rings. The lowest BCUT2D eigenvalue weighted by molar-refractivity contribution is -0.116. The molecule has 2 N–H and O–H groups in total. The topological polar surface area (TPSA) is 50.4 Å². The number of anilines is 1. The van der Waals surface area contributed by atoms with E-state index in [2.05, 4.69) is 10.6 Å². The molecule has 0 saturated carbocycles. The summed E-state index contributed by atoms with van der Waals surface area (Å²) in [6, 6.07) is 7.79. The third-order valence-electron chi connectivity index (χ3n) is 3.46. The van der Waals surface area contributed by atoms with Crippen LogP contribution < -0.4 is 10.6 Å². The Morgan fingerprint density at radius 2 is 2.42 bits per heavy atom. The van der Waals surface area contributed by atoms with Crippen molar-refractivity contribution in [3.05, 3.63) is 29.8 Å². The summed E-state index contributed by atoms with van der Waals surface area (Å²) in [5.74, 6) is 0.757. The van der Waals surface area contributed by atoms with Crippen LogP contribution in [0.2, 0.25) is 0 Å². The zero-order chi connectivity index (χ0) is 13.5. The number of carbonyl (C=O) groups excluding carboxylic acids is 1. The van der Waals surface area contributed by atoms with Gasteiger partial charge in [0, 0.05) is 19.2 Å². The molecule has 1 amide bonds. The smallest absolute Gasteiger partial charge is 0.224 e. The second-order valence-electron chi connectivity index (χ2n) is 5.08. The Hall–Kier alpha value is -1.39. The maximum atomic E-state index is 11.9. The van der Waals surface area contributed by atoms with Gasteiger partial charge in [0.2, 0.25) is 5.91 Å². The van der Waals surface area contributed by atoms with Crippen molar-refractivity contribution < 1.29 is 9.53 Å². The SMILES string of the molecule is COCc1cccc(NC(=O)CCC2CCNC2)c1. The normalized spacial score (nSPS) is 18.5. The zero-order valence-electron chi connectivity index (χ0n) is 11.4. The van der Waals surface area contributed by atoms with Crippen LogP contribution >= 0.6 is 0 Å². The van der Waals surface area contributed by atoms with Crippen molar-refractivity contribution in [3.8, 4) is 0 Å². The van der Waals surface area contributed by atoms with E-state index in [0.717, 1.165) is 30.8 Å². The first kappa shape index (κ1) is 14.0. The second-order valence-corrected chi connectivity index (χ2v) is 5.08. The molecule has 4 heteroatoms. The Morgan fingerprint density at radius 1 is 1.53 bits per heavy atom. The van der Waals surface area contributed by atoms with Crippen LogP contribution in [0.4, 0.5) is 5.69 Å². The molecular weight excluding hydrogens is 240 g/mol. The molecule has 0 radical (unpaired) electrons. The lowest BCUT2D eigenvalue weighted by Crippen LogP contribution is -2.15. The van der Waals surface area contributed by atoms with Crippen LogP contribution in [0.3, 0.4) is 0 Å². The Labute approximate surface area is 114 Å². The predicted octanol–water partition coefficient (Wildman–Crippen LogP) is 2.16. The molecule has 0 aromatic heterocycles. The summed E-state index contributed by atoms with van der Waals surface area (Å²) < 4.78 is 5.08. The van der Waals surface area contributed by atoms with Gasteiger partial charge >= 0.3 is 0 Å². The van der Waals surface area contributed by atoms with Crippen molar-refractivity contribution in [3.63, 3.8) is 0 Å². The van der Waals surface area contributed by atoms with Gasteiger partial charge in [-0.2, -0.15) is 0 Å². The van der Waals surface area contributed by atoms with E-state index in [1.54, 1.807) is 7.11 Å². The van der Waals surface area contributed by atoms with E-state index in [9.17, 15) is 4.79 Å². The quantitative estimate of drug-likeness (QED) is 0.826. The molecule has 0 bridgehead atoms. The Morgan fingerprint density at radius 3 is 3.16 bits per heavy atom. The molecule has 1 aromatic carbocycles. The van der Waals surface area contributed by atoms with Gasteiger partial charge in [0.15, 0.2) is 0 Å². The van der Waals surface area contributed by atoms with Gasteiger partial charge in [0.1, 0.15) is 0 Å². The number of ether oxygens (including phenoxy) is 1. The van der Waals surface area contributed by atoms with Crippen LogP contribution in [0.25, 0.3) is 0 Å². The third-order valence-corrected chi connectivity index (χ3v) is 3.46. The predicted molar refractivity (Wildman–Crippen MR) is 76.0 cm³/mol. The van der Waals surface area contributed by atoms with Crippen molar-refractivity contribution in [1.82, 2.24) is 5.32 Å². The summed E-state index contributed by atoms with van der Waals surface area (Å²) in [6.07, 6.45) is 2.76. The van der Waals surface area contributed by atoms with Gasteiger partial charge in [0.05, 0.1) is 6.61 Å². The molecule has 0 spiro atoms. The number of benzene rings is 1. The van der Waals surface area contributed by atoms with Crippen LogP contribution in [0.5, 0.6) is 0 Å². The molecule has 1 heterocycles. The van der Waals surface area contributed by atoms with Crippen molar-refractivity contribution in [2.75, 3.05) is 25.5 Å². The molecule has 104 valence electrons. The maximum Gasteiger partial charge on any atom is 0.224 e. The Bertz CT molecular complexity index is 414. The molecule has 1 unspecified atom stereocenters. The summed E-state index contributed by atoms with van der Waals surface area (Å²) in [7, 11) is 1.67. The standard InChI is InChI=1S/C15H22N2O2/c1-19-11-13-3-2-4-14(9-13)17-15(18)6-5-12-7-8-16-10-12/h2-4,9,12,16H,5-8,10-11H2,1H3,(H,17,18). The highest BCUT2D eigenvalue weighted by atomic mass is 16.5. The minimum absolute atomic E-state index is 0.0986. The van der Waals surface area contributed by atoms with Crippen LogP contribution in [0.1, 0.15) is 24.8 Å². The highest BCUT2D eigenvalue weighted by molar-refractivity contribution is 5.90. The molecule has 1 atom stereocenters. The van der Waals surface area contributed by atoms with Crippen molar-refractivity contribution in [1.29, 1.82) is 0 Å². The number of hydrogen-bond acceptors (Lipinski definition) is 3. The van der Waals surface area contributed by atoms with Crippen molar-refractivity contribution in [2.45, 2.75) is 25.9 Å². The summed E-state index contributed by atoms with van der Waals surface area (Å²) in [6.45, 7) is 2.71. The average Bonchev–Trinajstić information content (AvgIpc) is 2.90. The fourth-order valence-corrected chi connectivity index (χ4v) is 2.43. The van der Waals surface area contributed by atoms with E-state index < -0.39 is 0 Å². The second kappa shape index (κ2) is 7.26. The third kappa shape index (κ3) is 4.65. The molecule has 0 aliphatic carbocycles. The highest BCUT2D eigenvalue weighted by Gasteiger charge is 2.15. The van der Waals surface area contributed by atoms with E-state index in [-0.39, 0.29) is 5.91 Å². The highest BCUT2D eigenvalue weighted by Crippen LogP contribution is 2.16. The fourth-order valence-electron chi connectivity index (χ4n) is 2.43. The van der Waals surface area contributed by atoms with E-state index >= 15 is 0 Å². The summed E-state index contributed by atoms with van der Waals surface area (Å²) in [5, 5.41) is 6.27. The molecule has 2 rings (SSSR count). The number of rotatable bonds is 6. The lowest BCUT2D eigenvalue weighted by atomic mass is 10.0. The van der Waals surface area contributed by atoms with Gasteiger partial charge < -0.3 is 15.4 Å². The van der Waals surface area contributed by atoms with Gasteiger partial charge in [-0.05, 0) is 49.5 Å². The minimum atomic E-state index is 0.0986. The molecule has 4 nitrogen and oxygen atoms in total. The number of methoxy groups -OCH3 is 1. The molecule has 1 saturated heterocycles. The summed E-state index contributed by atoms with van der Waals surface area (Å²) in [4.78, 5) is 11.9. The van der Waals surface area contributed by atoms with Gasteiger partial charge in [-0.15, -0.1) is 0 Å². The fraction of sp³-hybridized carbons (Fsp3) is 0.533. The first-order chi connectivity index (χ1) is 9.28. The van der Waals surface area contributed by atoms with Crippen molar-refractivity contribution >= 4 is 11.6 Å².